The number of carbonyl (C=O) groups excluding carboxylic acids is 1. The van der Waals surface area contributed by atoms with E-state index in [4.69, 9.17) is 4.74 Å². The second-order valence-corrected chi connectivity index (χ2v) is 10.7. The molecule has 1 unspecified atom stereocenters. The Hall–Kier alpha value is -2.59. The van der Waals surface area contributed by atoms with Crippen LogP contribution in [0.1, 0.15) is 42.9 Å². The van der Waals surface area contributed by atoms with Gasteiger partial charge in [0.05, 0.1) is 23.6 Å². The van der Waals surface area contributed by atoms with Crippen molar-refractivity contribution in [3.8, 4) is 5.75 Å². The molecule has 10 heteroatoms. The fourth-order valence-corrected chi connectivity index (χ4v) is 6.09. The number of ether oxygens (including phenoxy) is 1. The molecule has 4 rings (SSSR count). The average Bonchev–Trinajstić information content (AvgIpc) is 3.67. The minimum absolute atomic E-state index is 0.0107. The molecule has 1 aliphatic heterocycles. The van der Waals surface area contributed by atoms with Crippen molar-refractivity contribution in [1.29, 1.82) is 0 Å². The van der Waals surface area contributed by atoms with Gasteiger partial charge in [0.2, 0.25) is 15.9 Å². The van der Waals surface area contributed by atoms with Crippen molar-refractivity contribution in [2.45, 2.75) is 42.8 Å². The average molecular weight is 497 g/mol. The zero-order chi connectivity index (χ0) is 24.5. The molecule has 34 heavy (non-hydrogen) atoms. The number of halogens is 3. The van der Waals surface area contributed by atoms with Crippen LogP contribution in [0.5, 0.6) is 5.75 Å². The highest BCUT2D eigenvalue weighted by molar-refractivity contribution is 7.89. The molecule has 6 nitrogen and oxygen atoms in total. The largest absolute Gasteiger partial charge is 0.497 e. The van der Waals surface area contributed by atoms with Gasteiger partial charge in [-0.15, -0.1) is 0 Å². The molecule has 0 spiro atoms. The molecular weight excluding hydrogens is 469 g/mol. The Morgan fingerprint density at radius 2 is 1.65 bits per heavy atom. The van der Waals surface area contributed by atoms with Crippen molar-refractivity contribution >= 4 is 15.9 Å². The highest BCUT2D eigenvalue weighted by Crippen LogP contribution is 2.42. The van der Waals surface area contributed by atoms with E-state index in [1.807, 2.05) is 24.3 Å². The first kappa shape index (κ1) is 24.5. The van der Waals surface area contributed by atoms with Crippen LogP contribution in [0.4, 0.5) is 13.2 Å². The summed E-state index contributed by atoms with van der Waals surface area (Å²) in [5.74, 6) is 0.534. The van der Waals surface area contributed by atoms with Gasteiger partial charge in [0.1, 0.15) is 5.75 Å². The van der Waals surface area contributed by atoms with Crippen LogP contribution >= 0.6 is 0 Å². The van der Waals surface area contributed by atoms with Crippen LogP contribution in [0.3, 0.4) is 0 Å². The number of piperidine rings is 1. The van der Waals surface area contributed by atoms with Gasteiger partial charge in [-0.05, 0) is 61.4 Å². The maximum absolute atomic E-state index is 13.3. The number of rotatable bonds is 7. The van der Waals surface area contributed by atoms with E-state index in [1.165, 1.54) is 6.07 Å². The molecule has 2 aromatic carbocycles. The summed E-state index contributed by atoms with van der Waals surface area (Å²) < 4.78 is 72.2. The number of nitrogens with one attached hydrogen (secondary N) is 1. The number of methoxy groups -OCH3 is 1. The van der Waals surface area contributed by atoms with E-state index in [-0.39, 0.29) is 37.9 Å². The molecule has 1 amide bonds. The molecule has 2 fully saturated rings. The third-order valence-corrected chi connectivity index (χ3v) is 8.46. The molecule has 0 bridgehead atoms. The van der Waals surface area contributed by atoms with Crippen LogP contribution in [-0.4, -0.2) is 38.8 Å². The van der Waals surface area contributed by atoms with Crippen LogP contribution in [0.25, 0.3) is 0 Å². The van der Waals surface area contributed by atoms with Gasteiger partial charge in [-0.25, -0.2) is 8.42 Å². The van der Waals surface area contributed by atoms with Crippen LogP contribution in [0.15, 0.2) is 53.4 Å². The molecular formula is C24H27F3N2O4S. The van der Waals surface area contributed by atoms with Crippen molar-refractivity contribution in [2.24, 2.45) is 11.8 Å². The van der Waals surface area contributed by atoms with Crippen LogP contribution in [0.2, 0.25) is 0 Å². The van der Waals surface area contributed by atoms with Gasteiger partial charge in [-0.1, -0.05) is 24.3 Å². The van der Waals surface area contributed by atoms with Crippen molar-refractivity contribution in [3.63, 3.8) is 0 Å². The number of hydrogen-bond acceptors (Lipinski definition) is 4. The lowest BCUT2D eigenvalue weighted by Gasteiger charge is -2.32. The zero-order valence-electron chi connectivity index (χ0n) is 18.7. The van der Waals surface area contributed by atoms with Gasteiger partial charge < -0.3 is 10.1 Å². The standard InChI is InChI=1S/C24H27F3N2O4S/c1-33-19-10-8-17(9-11-19)22(16-6-7-16)28-23(30)18-12-14-29(15-13-18)34(31,32)21-5-3-2-4-20(21)24(25,26)27/h2-5,8-11,16,18,22H,6-7,12-15H2,1H3,(H,28,30). The number of carbonyl (C=O) groups is 1. The third-order valence-electron chi connectivity index (χ3n) is 6.50. The third kappa shape index (κ3) is 5.22. The maximum atomic E-state index is 13.3. The molecule has 1 N–H and O–H groups in total. The van der Waals surface area contributed by atoms with Crippen molar-refractivity contribution < 1.29 is 31.1 Å². The SMILES string of the molecule is COc1ccc(C(NC(=O)C2CCN(S(=O)(=O)c3ccccc3C(F)(F)F)CC2)C2CC2)cc1. The second kappa shape index (κ2) is 9.58. The summed E-state index contributed by atoms with van der Waals surface area (Å²) in [6.45, 7) is -0.0213. The highest BCUT2D eigenvalue weighted by Gasteiger charge is 2.41. The summed E-state index contributed by atoms with van der Waals surface area (Å²) in [4.78, 5) is 12.2. The Kier molecular flexibility index (Phi) is 6.91. The Bertz CT molecular complexity index is 1120. The first-order chi connectivity index (χ1) is 16.1. The monoisotopic (exact) mass is 496 g/mol. The second-order valence-electron chi connectivity index (χ2n) is 8.77. The van der Waals surface area contributed by atoms with Gasteiger partial charge in [0.25, 0.3) is 0 Å². The van der Waals surface area contributed by atoms with E-state index in [0.717, 1.165) is 46.7 Å². The number of hydrogen-bond donors (Lipinski definition) is 1. The molecule has 1 heterocycles. The molecule has 2 aliphatic rings. The summed E-state index contributed by atoms with van der Waals surface area (Å²) in [6, 6.07) is 11.6. The predicted molar refractivity (Wildman–Crippen MR) is 120 cm³/mol. The molecule has 1 atom stereocenters. The predicted octanol–water partition coefficient (Wildman–Crippen LogP) is 4.38. The van der Waals surface area contributed by atoms with Crippen molar-refractivity contribution in [1.82, 2.24) is 9.62 Å². The Labute approximate surface area is 197 Å². The number of amides is 1. The summed E-state index contributed by atoms with van der Waals surface area (Å²) >= 11 is 0. The topological polar surface area (TPSA) is 75.7 Å². The zero-order valence-corrected chi connectivity index (χ0v) is 19.5. The Morgan fingerprint density at radius 3 is 2.21 bits per heavy atom. The minimum Gasteiger partial charge on any atom is -0.497 e. The molecule has 184 valence electrons. The lowest BCUT2D eigenvalue weighted by Crippen LogP contribution is -2.44. The lowest BCUT2D eigenvalue weighted by atomic mass is 9.95. The van der Waals surface area contributed by atoms with E-state index in [0.29, 0.717) is 5.92 Å². The van der Waals surface area contributed by atoms with Crippen molar-refractivity contribution in [2.75, 3.05) is 20.2 Å². The Morgan fingerprint density at radius 1 is 1.03 bits per heavy atom. The van der Waals surface area contributed by atoms with Gasteiger partial charge >= 0.3 is 6.18 Å². The summed E-state index contributed by atoms with van der Waals surface area (Å²) in [5.41, 5.74) is -0.193. The number of sulfonamides is 1. The van der Waals surface area contributed by atoms with E-state index in [9.17, 15) is 26.4 Å². The van der Waals surface area contributed by atoms with E-state index in [2.05, 4.69) is 5.32 Å². The van der Waals surface area contributed by atoms with E-state index < -0.39 is 32.6 Å². The minimum atomic E-state index is -4.78. The van der Waals surface area contributed by atoms with E-state index in [1.54, 1.807) is 7.11 Å². The molecule has 1 saturated carbocycles. The van der Waals surface area contributed by atoms with Gasteiger partial charge in [-0.3, -0.25) is 4.79 Å². The molecule has 2 aromatic rings. The number of nitrogens with zero attached hydrogens (tertiary/aromatic N) is 1. The molecule has 0 aromatic heterocycles. The molecule has 1 aliphatic carbocycles. The van der Waals surface area contributed by atoms with Gasteiger partial charge in [0.15, 0.2) is 0 Å². The lowest BCUT2D eigenvalue weighted by molar-refractivity contribution is -0.139. The smallest absolute Gasteiger partial charge is 0.417 e. The Balaban J connectivity index is 1.42. The quantitative estimate of drug-likeness (QED) is 0.617. The van der Waals surface area contributed by atoms with Crippen LogP contribution in [-0.2, 0) is 21.0 Å². The van der Waals surface area contributed by atoms with Crippen LogP contribution < -0.4 is 10.1 Å². The maximum Gasteiger partial charge on any atom is 0.417 e. The number of benzene rings is 2. The summed E-state index contributed by atoms with van der Waals surface area (Å²) in [6.07, 6.45) is -2.24. The normalized spacial score (nSPS) is 18.9. The summed E-state index contributed by atoms with van der Waals surface area (Å²) in [5, 5.41) is 3.12. The fourth-order valence-electron chi connectivity index (χ4n) is 4.41. The van der Waals surface area contributed by atoms with Crippen molar-refractivity contribution in [3.05, 3.63) is 59.7 Å². The highest BCUT2D eigenvalue weighted by atomic mass is 32.2. The molecule has 1 saturated heterocycles. The van der Waals surface area contributed by atoms with Gasteiger partial charge in [0, 0.05) is 19.0 Å². The first-order valence-corrected chi connectivity index (χ1v) is 12.7. The molecule has 0 radical (unpaired) electrons. The first-order valence-electron chi connectivity index (χ1n) is 11.2. The van der Waals surface area contributed by atoms with Crippen LogP contribution in [0, 0.1) is 11.8 Å². The number of alkyl halides is 3. The van der Waals surface area contributed by atoms with Gasteiger partial charge in [-0.2, -0.15) is 17.5 Å². The fraction of sp³-hybridized carbons (Fsp3) is 0.458. The summed E-state index contributed by atoms with van der Waals surface area (Å²) in [7, 11) is -2.74. The van der Waals surface area contributed by atoms with E-state index >= 15 is 0 Å².